The van der Waals surface area contributed by atoms with Gasteiger partial charge in [0.05, 0.1) is 18.3 Å². The van der Waals surface area contributed by atoms with Gasteiger partial charge in [0.15, 0.2) is 0 Å². The summed E-state index contributed by atoms with van der Waals surface area (Å²) in [5, 5.41) is 10.4. The molecule has 0 aliphatic carbocycles. The van der Waals surface area contributed by atoms with Crippen molar-refractivity contribution >= 4 is 6.09 Å². The Bertz CT molecular complexity index is 925. The fourth-order valence-electron chi connectivity index (χ4n) is 2.61. The van der Waals surface area contributed by atoms with E-state index in [0.717, 1.165) is 17.7 Å². The van der Waals surface area contributed by atoms with E-state index in [1.807, 2.05) is 30.3 Å². The van der Waals surface area contributed by atoms with E-state index in [1.54, 1.807) is 6.20 Å². The summed E-state index contributed by atoms with van der Waals surface area (Å²) < 4.78 is 44.3. The second kappa shape index (κ2) is 9.22. The average molecular weight is 404 g/mol. The van der Waals surface area contributed by atoms with Gasteiger partial charge in [-0.1, -0.05) is 47.7 Å². The van der Waals surface area contributed by atoms with Gasteiger partial charge in [0.1, 0.15) is 12.3 Å². The highest BCUT2D eigenvalue weighted by atomic mass is 19.4. The van der Waals surface area contributed by atoms with Crippen LogP contribution < -0.4 is 5.32 Å². The summed E-state index contributed by atoms with van der Waals surface area (Å²) in [4.78, 5) is 11.7. The van der Waals surface area contributed by atoms with Crippen molar-refractivity contribution in [2.75, 3.05) is 6.54 Å². The van der Waals surface area contributed by atoms with E-state index in [0.29, 0.717) is 24.2 Å². The van der Waals surface area contributed by atoms with Gasteiger partial charge in [-0.05, 0) is 29.7 Å². The van der Waals surface area contributed by atoms with E-state index >= 15 is 0 Å². The maximum atomic E-state index is 12.6. The summed E-state index contributed by atoms with van der Waals surface area (Å²) in [5.74, 6) is 0. The average Bonchev–Trinajstić information content (AvgIpc) is 3.14. The van der Waals surface area contributed by atoms with Crippen molar-refractivity contribution in [3.05, 3.63) is 83.2 Å². The molecule has 1 amide bonds. The molecular weight excluding hydrogens is 385 g/mol. The van der Waals surface area contributed by atoms with Gasteiger partial charge in [-0.3, -0.25) is 0 Å². The smallest absolute Gasteiger partial charge is 0.416 e. The zero-order valence-electron chi connectivity index (χ0n) is 15.4. The van der Waals surface area contributed by atoms with Crippen LogP contribution in [0.15, 0.2) is 60.8 Å². The number of alkyl halides is 3. The zero-order valence-corrected chi connectivity index (χ0v) is 15.4. The SMILES string of the molecule is O=C(NCCc1ccccc1)OCc1cn(Cc2ccc(C(F)(F)F)cc2)nn1. The van der Waals surface area contributed by atoms with Crippen LogP contribution in [0.2, 0.25) is 0 Å². The molecule has 3 rings (SSSR count). The highest BCUT2D eigenvalue weighted by molar-refractivity contribution is 5.67. The number of hydrogen-bond acceptors (Lipinski definition) is 4. The molecule has 6 nitrogen and oxygen atoms in total. The molecule has 0 bridgehead atoms. The topological polar surface area (TPSA) is 69.0 Å². The third-order valence-corrected chi connectivity index (χ3v) is 4.09. The van der Waals surface area contributed by atoms with Gasteiger partial charge in [0.2, 0.25) is 0 Å². The number of carbonyl (C=O) groups is 1. The highest BCUT2D eigenvalue weighted by Crippen LogP contribution is 2.29. The Morgan fingerprint density at radius 1 is 1.03 bits per heavy atom. The van der Waals surface area contributed by atoms with E-state index < -0.39 is 17.8 Å². The number of carbonyl (C=O) groups excluding carboxylic acids is 1. The lowest BCUT2D eigenvalue weighted by molar-refractivity contribution is -0.137. The summed E-state index contributed by atoms with van der Waals surface area (Å²) in [6, 6.07) is 14.6. The van der Waals surface area contributed by atoms with Gasteiger partial charge < -0.3 is 10.1 Å². The van der Waals surface area contributed by atoms with Crippen molar-refractivity contribution in [3.63, 3.8) is 0 Å². The molecule has 1 aromatic heterocycles. The third-order valence-electron chi connectivity index (χ3n) is 4.09. The zero-order chi connectivity index (χ0) is 20.7. The Kier molecular flexibility index (Phi) is 6.48. The molecule has 0 atom stereocenters. The number of nitrogens with zero attached hydrogens (tertiary/aromatic N) is 3. The molecule has 29 heavy (non-hydrogen) atoms. The Morgan fingerprint density at radius 2 is 1.76 bits per heavy atom. The molecule has 152 valence electrons. The fraction of sp³-hybridized carbons (Fsp3) is 0.250. The van der Waals surface area contributed by atoms with Crippen LogP contribution in [0.1, 0.15) is 22.4 Å². The summed E-state index contributed by atoms with van der Waals surface area (Å²) in [6.45, 7) is 0.655. The van der Waals surface area contributed by atoms with Crippen LogP contribution in [0.4, 0.5) is 18.0 Å². The number of aromatic nitrogens is 3. The lowest BCUT2D eigenvalue weighted by Crippen LogP contribution is -2.26. The number of amides is 1. The van der Waals surface area contributed by atoms with Crippen molar-refractivity contribution in [1.82, 2.24) is 20.3 Å². The maximum Gasteiger partial charge on any atom is 0.416 e. The number of benzene rings is 2. The van der Waals surface area contributed by atoms with Crippen molar-refractivity contribution in [1.29, 1.82) is 0 Å². The van der Waals surface area contributed by atoms with Crippen LogP contribution in [-0.4, -0.2) is 27.6 Å². The summed E-state index contributed by atoms with van der Waals surface area (Å²) in [7, 11) is 0. The molecule has 0 aliphatic heterocycles. The van der Waals surface area contributed by atoms with Gasteiger partial charge in [-0.2, -0.15) is 13.2 Å². The Labute approximate surface area is 165 Å². The molecule has 3 aromatic rings. The minimum Gasteiger partial charge on any atom is -0.443 e. The van der Waals surface area contributed by atoms with Crippen LogP contribution >= 0.6 is 0 Å². The molecule has 2 aromatic carbocycles. The predicted octanol–water partition coefficient (Wildman–Crippen LogP) is 3.81. The van der Waals surface area contributed by atoms with E-state index in [2.05, 4.69) is 15.6 Å². The van der Waals surface area contributed by atoms with Crippen molar-refractivity contribution in [3.8, 4) is 0 Å². The summed E-state index contributed by atoms with van der Waals surface area (Å²) in [5.41, 5.74) is 1.50. The van der Waals surface area contributed by atoms with Crippen LogP contribution in [0.3, 0.4) is 0 Å². The Morgan fingerprint density at radius 3 is 2.45 bits per heavy atom. The monoisotopic (exact) mass is 404 g/mol. The van der Waals surface area contributed by atoms with Gasteiger partial charge in [-0.25, -0.2) is 9.48 Å². The Hall–Kier alpha value is -3.36. The first-order valence-corrected chi connectivity index (χ1v) is 8.90. The first-order chi connectivity index (χ1) is 13.9. The van der Waals surface area contributed by atoms with Crippen LogP contribution in [0, 0.1) is 0 Å². The van der Waals surface area contributed by atoms with Crippen molar-refractivity contribution in [2.24, 2.45) is 0 Å². The second-order valence-electron chi connectivity index (χ2n) is 6.34. The lowest BCUT2D eigenvalue weighted by Gasteiger charge is -2.07. The molecule has 9 heteroatoms. The molecule has 0 saturated carbocycles. The van der Waals surface area contributed by atoms with Gasteiger partial charge in [-0.15, -0.1) is 5.10 Å². The Balaban J connectivity index is 1.42. The van der Waals surface area contributed by atoms with Crippen molar-refractivity contribution in [2.45, 2.75) is 25.7 Å². The van der Waals surface area contributed by atoms with Crippen LogP contribution in [0.25, 0.3) is 0 Å². The van der Waals surface area contributed by atoms with Gasteiger partial charge in [0, 0.05) is 6.54 Å². The summed E-state index contributed by atoms with van der Waals surface area (Å²) in [6.07, 6.45) is -2.65. The highest BCUT2D eigenvalue weighted by Gasteiger charge is 2.29. The van der Waals surface area contributed by atoms with E-state index in [1.165, 1.54) is 16.8 Å². The largest absolute Gasteiger partial charge is 0.443 e. The number of nitrogens with one attached hydrogen (secondary N) is 1. The number of rotatable bonds is 7. The van der Waals surface area contributed by atoms with E-state index in [9.17, 15) is 18.0 Å². The van der Waals surface area contributed by atoms with Gasteiger partial charge in [0.25, 0.3) is 0 Å². The molecule has 0 fully saturated rings. The molecular formula is C20H19F3N4O2. The normalized spacial score (nSPS) is 11.3. The van der Waals surface area contributed by atoms with E-state index in [4.69, 9.17) is 4.74 Å². The fourth-order valence-corrected chi connectivity index (χ4v) is 2.61. The molecule has 0 spiro atoms. The molecule has 0 unspecified atom stereocenters. The van der Waals surface area contributed by atoms with Crippen LogP contribution in [-0.2, 0) is 30.5 Å². The number of hydrogen-bond donors (Lipinski definition) is 1. The molecule has 1 heterocycles. The maximum absolute atomic E-state index is 12.6. The predicted molar refractivity (Wildman–Crippen MR) is 98.9 cm³/mol. The number of alkyl carbamates (subject to hydrolysis) is 1. The van der Waals surface area contributed by atoms with E-state index in [-0.39, 0.29) is 13.2 Å². The van der Waals surface area contributed by atoms with Crippen molar-refractivity contribution < 1.29 is 22.7 Å². The first kappa shape index (κ1) is 20.4. The first-order valence-electron chi connectivity index (χ1n) is 8.90. The standard InChI is InChI=1S/C20H19F3N4O2/c21-20(22,23)17-8-6-16(7-9-17)12-27-13-18(25-26-27)14-29-19(28)24-11-10-15-4-2-1-3-5-15/h1-9,13H,10-12,14H2,(H,24,28). The summed E-state index contributed by atoms with van der Waals surface area (Å²) >= 11 is 0. The number of ether oxygens (including phenoxy) is 1. The molecule has 0 aliphatic rings. The van der Waals surface area contributed by atoms with Crippen LogP contribution in [0.5, 0.6) is 0 Å². The minimum absolute atomic E-state index is 0.0514. The second-order valence-corrected chi connectivity index (χ2v) is 6.34. The minimum atomic E-state index is -4.36. The third kappa shape index (κ3) is 6.34. The van der Waals surface area contributed by atoms with Gasteiger partial charge >= 0.3 is 12.3 Å². The molecule has 0 radical (unpaired) electrons. The number of halogens is 3. The quantitative estimate of drug-likeness (QED) is 0.650. The lowest BCUT2D eigenvalue weighted by atomic mass is 10.1. The molecule has 1 N–H and O–H groups in total. The molecule has 0 saturated heterocycles.